The third-order valence-electron chi connectivity index (χ3n) is 3.42. The van der Waals surface area contributed by atoms with Gasteiger partial charge in [-0.1, -0.05) is 18.2 Å². The zero-order valence-corrected chi connectivity index (χ0v) is 13.1. The fourth-order valence-corrected chi connectivity index (χ4v) is 4.35. The van der Waals surface area contributed by atoms with E-state index in [9.17, 15) is 0 Å². The third-order valence-corrected chi connectivity index (χ3v) is 5.86. The van der Waals surface area contributed by atoms with Crippen LogP contribution in [0.25, 0.3) is 0 Å². The predicted octanol–water partition coefficient (Wildman–Crippen LogP) is 4.90. The molecule has 0 saturated carbocycles. The van der Waals surface area contributed by atoms with Gasteiger partial charge in [0.15, 0.2) is 0 Å². The minimum Gasteiger partial charge on any atom is -0.303 e. The standard InChI is InChI=1S/C14H22NO3P/c1-6-16-19(15-12-10-8-7-9-11-12)17-13(2,3)14(4,5)18-19/h7-11H,6H2,1-5H3. The molecule has 19 heavy (non-hydrogen) atoms. The highest BCUT2D eigenvalue weighted by atomic mass is 31.2. The summed E-state index contributed by atoms with van der Waals surface area (Å²) in [7, 11) is -2.69. The smallest absolute Gasteiger partial charge is 0.303 e. The van der Waals surface area contributed by atoms with Crippen molar-refractivity contribution >= 4 is 13.4 Å². The first-order valence-corrected chi connectivity index (χ1v) is 8.03. The van der Waals surface area contributed by atoms with Gasteiger partial charge in [-0.2, -0.15) is 4.74 Å². The maximum absolute atomic E-state index is 6.10. The van der Waals surface area contributed by atoms with Crippen LogP contribution < -0.4 is 0 Å². The Kier molecular flexibility index (Phi) is 3.90. The molecule has 5 heteroatoms. The van der Waals surface area contributed by atoms with Crippen molar-refractivity contribution in [1.82, 2.24) is 0 Å². The van der Waals surface area contributed by atoms with Crippen LogP contribution in [0.1, 0.15) is 34.6 Å². The van der Waals surface area contributed by atoms with Gasteiger partial charge in [-0.15, -0.1) is 0 Å². The lowest BCUT2D eigenvalue weighted by Crippen LogP contribution is -2.41. The van der Waals surface area contributed by atoms with Crippen molar-refractivity contribution in [2.24, 2.45) is 4.74 Å². The van der Waals surface area contributed by atoms with Crippen molar-refractivity contribution in [3.63, 3.8) is 0 Å². The molecule has 0 spiro atoms. The van der Waals surface area contributed by atoms with Crippen molar-refractivity contribution in [2.45, 2.75) is 45.8 Å². The highest BCUT2D eigenvalue weighted by Gasteiger charge is 2.55. The second-order valence-electron chi connectivity index (χ2n) is 5.53. The summed E-state index contributed by atoms with van der Waals surface area (Å²) < 4.78 is 22.6. The second-order valence-corrected chi connectivity index (χ2v) is 7.29. The van der Waals surface area contributed by atoms with Crippen LogP contribution in [0.5, 0.6) is 0 Å². The SMILES string of the molecule is CCOP1(=Nc2ccccc2)OC(C)(C)C(C)(C)O1. The van der Waals surface area contributed by atoms with E-state index in [1.165, 1.54) is 0 Å². The van der Waals surface area contributed by atoms with Crippen molar-refractivity contribution < 1.29 is 13.6 Å². The highest BCUT2D eigenvalue weighted by molar-refractivity contribution is 7.51. The molecule has 0 aliphatic carbocycles. The molecule has 4 nitrogen and oxygen atoms in total. The molecule has 1 aliphatic rings. The molecule has 1 aromatic carbocycles. The van der Waals surface area contributed by atoms with Crippen LogP contribution in [-0.4, -0.2) is 17.8 Å². The second kappa shape index (κ2) is 5.02. The van der Waals surface area contributed by atoms with Crippen LogP contribution in [0, 0.1) is 0 Å². The van der Waals surface area contributed by atoms with Gasteiger partial charge >= 0.3 is 7.74 Å². The molecule has 0 aromatic heterocycles. The molecule has 1 heterocycles. The van der Waals surface area contributed by atoms with E-state index in [1.54, 1.807) is 0 Å². The Morgan fingerprint density at radius 1 is 1.05 bits per heavy atom. The van der Waals surface area contributed by atoms with Crippen LogP contribution in [0.2, 0.25) is 0 Å². The molecule has 1 aromatic rings. The normalized spacial score (nSPS) is 23.2. The monoisotopic (exact) mass is 283 g/mol. The lowest BCUT2D eigenvalue weighted by atomic mass is 9.90. The van der Waals surface area contributed by atoms with E-state index in [2.05, 4.69) is 4.74 Å². The summed E-state index contributed by atoms with van der Waals surface area (Å²) in [6, 6.07) is 9.67. The Morgan fingerprint density at radius 2 is 1.58 bits per heavy atom. The Balaban J connectivity index is 2.44. The molecule has 0 bridgehead atoms. The number of hydrogen-bond acceptors (Lipinski definition) is 4. The summed E-state index contributed by atoms with van der Waals surface area (Å²) in [6.07, 6.45) is 0. The molecule has 0 amide bonds. The Hall–Kier alpha value is -0.670. The molecule has 0 atom stereocenters. The molecular formula is C14H22NO3P. The molecule has 106 valence electrons. The van der Waals surface area contributed by atoms with E-state index < -0.39 is 18.9 Å². The summed E-state index contributed by atoms with van der Waals surface area (Å²) in [6.45, 7) is 10.5. The minimum absolute atomic E-state index is 0.436. The molecule has 1 saturated heterocycles. The summed E-state index contributed by atoms with van der Waals surface area (Å²) in [5.41, 5.74) is -0.0552. The number of rotatable bonds is 3. The van der Waals surface area contributed by atoms with Gasteiger partial charge < -0.3 is 4.52 Å². The van der Waals surface area contributed by atoms with Gasteiger partial charge in [0, 0.05) is 0 Å². The zero-order valence-electron chi connectivity index (χ0n) is 12.2. The molecular weight excluding hydrogens is 261 g/mol. The Labute approximate surface area is 115 Å². The molecule has 0 N–H and O–H groups in total. The molecule has 2 rings (SSSR count). The third kappa shape index (κ3) is 2.92. The Bertz CT molecular complexity index is 477. The van der Waals surface area contributed by atoms with Crippen molar-refractivity contribution in [2.75, 3.05) is 6.61 Å². The van der Waals surface area contributed by atoms with E-state index in [1.807, 2.05) is 65.0 Å². The maximum Gasteiger partial charge on any atom is 0.361 e. The van der Waals surface area contributed by atoms with Gasteiger partial charge in [-0.05, 0) is 46.8 Å². The van der Waals surface area contributed by atoms with Gasteiger partial charge in [0.25, 0.3) is 0 Å². The maximum atomic E-state index is 6.10. The van der Waals surface area contributed by atoms with Crippen LogP contribution in [-0.2, 0) is 13.6 Å². The van der Waals surface area contributed by atoms with Gasteiger partial charge in [0.05, 0.1) is 12.3 Å². The van der Waals surface area contributed by atoms with E-state index in [0.29, 0.717) is 6.61 Å². The first-order chi connectivity index (χ1) is 8.80. The van der Waals surface area contributed by atoms with Crippen molar-refractivity contribution in [3.05, 3.63) is 30.3 Å². The topological polar surface area (TPSA) is 40.0 Å². The van der Waals surface area contributed by atoms with Crippen LogP contribution in [0.4, 0.5) is 5.69 Å². The fraction of sp³-hybridized carbons (Fsp3) is 0.571. The van der Waals surface area contributed by atoms with Crippen molar-refractivity contribution in [1.29, 1.82) is 0 Å². The van der Waals surface area contributed by atoms with Gasteiger partial charge in [0.1, 0.15) is 11.2 Å². The minimum atomic E-state index is -2.69. The number of nitrogens with zero attached hydrogens (tertiary/aromatic N) is 1. The van der Waals surface area contributed by atoms with E-state index in [-0.39, 0.29) is 0 Å². The summed E-state index contributed by atoms with van der Waals surface area (Å²) in [5.74, 6) is 0. The van der Waals surface area contributed by atoms with Gasteiger partial charge in [-0.3, -0.25) is 9.05 Å². The average molecular weight is 283 g/mol. The summed E-state index contributed by atoms with van der Waals surface area (Å²) in [4.78, 5) is 0. The van der Waals surface area contributed by atoms with Gasteiger partial charge in [0.2, 0.25) is 0 Å². The quantitative estimate of drug-likeness (QED) is 0.740. The number of benzene rings is 1. The summed E-state index contributed by atoms with van der Waals surface area (Å²) in [5, 5.41) is 0. The summed E-state index contributed by atoms with van der Waals surface area (Å²) >= 11 is 0. The highest BCUT2D eigenvalue weighted by Crippen LogP contribution is 2.67. The molecule has 0 unspecified atom stereocenters. The zero-order chi connectivity index (χ0) is 14.1. The van der Waals surface area contributed by atoms with E-state index in [0.717, 1.165) is 5.69 Å². The van der Waals surface area contributed by atoms with Gasteiger partial charge in [-0.25, -0.2) is 0 Å². The largest absolute Gasteiger partial charge is 0.361 e. The van der Waals surface area contributed by atoms with E-state index in [4.69, 9.17) is 13.6 Å². The first kappa shape index (κ1) is 14.7. The lowest BCUT2D eigenvalue weighted by molar-refractivity contribution is 0.00578. The van der Waals surface area contributed by atoms with Crippen molar-refractivity contribution in [3.8, 4) is 0 Å². The lowest BCUT2D eigenvalue weighted by Gasteiger charge is -2.29. The first-order valence-electron chi connectivity index (χ1n) is 6.54. The van der Waals surface area contributed by atoms with E-state index >= 15 is 0 Å². The Morgan fingerprint density at radius 3 is 2.05 bits per heavy atom. The van der Waals surface area contributed by atoms with Crippen LogP contribution in [0.15, 0.2) is 35.1 Å². The fourth-order valence-electron chi connectivity index (χ4n) is 1.74. The number of hydrogen-bond donors (Lipinski definition) is 0. The molecule has 0 radical (unpaired) electrons. The molecule has 1 fully saturated rings. The van der Waals surface area contributed by atoms with Crippen LogP contribution in [0.3, 0.4) is 0 Å². The van der Waals surface area contributed by atoms with Crippen LogP contribution >= 0.6 is 7.74 Å². The predicted molar refractivity (Wildman–Crippen MR) is 77.4 cm³/mol. The average Bonchev–Trinajstić information content (AvgIpc) is 2.45. The molecule has 1 aliphatic heterocycles.